The molecule has 4 nitrogen and oxygen atoms in total. The number of aromatic hydroxyl groups is 1. The lowest BCUT2D eigenvalue weighted by atomic mass is 10.1. The fourth-order valence-corrected chi connectivity index (χ4v) is 1.84. The summed E-state index contributed by atoms with van der Waals surface area (Å²) in [4.78, 5) is 15.9. The van der Waals surface area contributed by atoms with Gasteiger partial charge in [-0.25, -0.2) is 0 Å². The Bertz CT molecular complexity index is 760. The van der Waals surface area contributed by atoms with Crippen LogP contribution in [0.3, 0.4) is 0 Å². The predicted octanol–water partition coefficient (Wildman–Crippen LogP) is 2.56. The van der Waals surface area contributed by atoms with Gasteiger partial charge in [0.05, 0.1) is 11.6 Å². The Kier molecular flexibility index (Phi) is 2.34. The second-order valence-corrected chi connectivity index (χ2v) is 3.87. The van der Waals surface area contributed by atoms with E-state index in [-0.39, 0.29) is 11.2 Å². The Morgan fingerprint density at radius 3 is 2.61 bits per heavy atom. The lowest BCUT2D eigenvalue weighted by molar-refractivity contribution is 0.475. The number of hydrogen-bond acceptors (Lipinski definition) is 4. The number of nitrogens with zero attached hydrogens (tertiary/aromatic N) is 1. The van der Waals surface area contributed by atoms with Crippen LogP contribution in [0.2, 0.25) is 0 Å². The molecule has 3 rings (SSSR count). The summed E-state index contributed by atoms with van der Waals surface area (Å²) in [7, 11) is 0. The van der Waals surface area contributed by atoms with Gasteiger partial charge in [0.25, 0.3) is 0 Å². The van der Waals surface area contributed by atoms with Crippen molar-refractivity contribution >= 4 is 11.0 Å². The maximum Gasteiger partial charge on any atom is 0.192 e. The molecule has 1 aromatic carbocycles. The summed E-state index contributed by atoms with van der Waals surface area (Å²) < 4.78 is 5.38. The van der Waals surface area contributed by atoms with Gasteiger partial charge < -0.3 is 9.52 Å². The van der Waals surface area contributed by atoms with Gasteiger partial charge in [0.15, 0.2) is 11.0 Å². The van der Waals surface area contributed by atoms with Crippen LogP contribution in [0.1, 0.15) is 0 Å². The van der Waals surface area contributed by atoms with Gasteiger partial charge >= 0.3 is 0 Å². The largest absolute Gasteiger partial charge is 0.508 e. The third kappa shape index (κ3) is 1.64. The molecule has 88 valence electrons. The molecule has 1 N–H and O–H groups in total. The average molecular weight is 239 g/mol. The molecule has 0 unspecified atom stereocenters. The van der Waals surface area contributed by atoms with Crippen LogP contribution in [-0.4, -0.2) is 10.1 Å². The average Bonchev–Trinajstić information content (AvgIpc) is 2.40. The van der Waals surface area contributed by atoms with E-state index in [0.29, 0.717) is 16.7 Å². The molecule has 2 aromatic heterocycles. The van der Waals surface area contributed by atoms with Gasteiger partial charge in [-0.2, -0.15) is 0 Å². The van der Waals surface area contributed by atoms with E-state index in [0.717, 1.165) is 5.56 Å². The second-order valence-electron chi connectivity index (χ2n) is 3.87. The SMILES string of the molecule is O=c1ccoc2c(-c3ccc(O)cc3)nccc12. The number of benzene rings is 1. The van der Waals surface area contributed by atoms with Gasteiger partial charge in [-0.1, -0.05) is 0 Å². The molecule has 0 spiro atoms. The monoisotopic (exact) mass is 239 g/mol. The number of aromatic nitrogens is 1. The molecule has 0 aliphatic carbocycles. The van der Waals surface area contributed by atoms with E-state index in [1.54, 1.807) is 36.5 Å². The zero-order valence-electron chi connectivity index (χ0n) is 9.33. The number of pyridine rings is 1. The van der Waals surface area contributed by atoms with E-state index in [1.807, 2.05) is 0 Å². The van der Waals surface area contributed by atoms with Crippen molar-refractivity contribution in [3.8, 4) is 17.0 Å². The normalized spacial score (nSPS) is 10.7. The highest BCUT2D eigenvalue weighted by Crippen LogP contribution is 2.25. The molecular weight excluding hydrogens is 230 g/mol. The van der Waals surface area contributed by atoms with E-state index in [1.165, 1.54) is 12.3 Å². The molecule has 0 radical (unpaired) electrons. The summed E-state index contributed by atoms with van der Waals surface area (Å²) in [5.74, 6) is 0.181. The van der Waals surface area contributed by atoms with Crippen molar-refractivity contribution in [2.75, 3.05) is 0 Å². The zero-order chi connectivity index (χ0) is 12.5. The van der Waals surface area contributed by atoms with Gasteiger partial charge in [-0.05, 0) is 30.3 Å². The molecule has 0 amide bonds. The predicted molar refractivity (Wildman–Crippen MR) is 67.4 cm³/mol. The van der Waals surface area contributed by atoms with Crippen molar-refractivity contribution in [2.45, 2.75) is 0 Å². The van der Waals surface area contributed by atoms with Gasteiger partial charge in [0.2, 0.25) is 0 Å². The van der Waals surface area contributed by atoms with E-state index in [4.69, 9.17) is 4.42 Å². The van der Waals surface area contributed by atoms with Crippen molar-refractivity contribution in [1.29, 1.82) is 0 Å². The Morgan fingerprint density at radius 2 is 1.83 bits per heavy atom. The molecule has 0 saturated carbocycles. The number of hydrogen-bond donors (Lipinski definition) is 1. The van der Waals surface area contributed by atoms with Crippen molar-refractivity contribution in [3.05, 3.63) is 59.1 Å². The minimum atomic E-state index is -0.0984. The van der Waals surface area contributed by atoms with Crippen LogP contribution < -0.4 is 5.43 Å². The van der Waals surface area contributed by atoms with Crippen molar-refractivity contribution in [2.24, 2.45) is 0 Å². The lowest BCUT2D eigenvalue weighted by Crippen LogP contribution is -1.99. The van der Waals surface area contributed by atoms with Gasteiger partial charge in [0, 0.05) is 17.8 Å². The van der Waals surface area contributed by atoms with Crippen molar-refractivity contribution in [3.63, 3.8) is 0 Å². The lowest BCUT2D eigenvalue weighted by Gasteiger charge is -2.03. The fourth-order valence-electron chi connectivity index (χ4n) is 1.84. The molecule has 18 heavy (non-hydrogen) atoms. The van der Waals surface area contributed by atoms with Crippen LogP contribution in [0.15, 0.2) is 58.1 Å². The Hall–Kier alpha value is -2.62. The van der Waals surface area contributed by atoms with Crippen LogP contribution in [0.4, 0.5) is 0 Å². The molecular formula is C14H9NO3. The minimum Gasteiger partial charge on any atom is -0.508 e. The van der Waals surface area contributed by atoms with E-state index < -0.39 is 0 Å². The van der Waals surface area contributed by atoms with Crippen molar-refractivity contribution < 1.29 is 9.52 Å². The van der Waals surface area contributed by atoms with E-state index >= 15 is 0 Å². The summed E-state index contributed by atoms with van der Waals surface area (Å²) >= 11 is 0. The Balaban J connectivity index is 2.33. The minimum absolute atomic E-state index is 0.0984. The number of fused-ring (bicyclic) bond motifs is 1. The molecule has 4 heteroatoms. The first-order valence-corrected chi connectivity index (χ1v) is 5.41. The smallest absolute Gasteiger partial charge is 0.192 e. The fraction of sp³-hybridized carbons (Fsp3) is 0. The van der Waals surface area contributed by atoms with Crippen LogP contribution >= 0.6 is 0 Å². The molecule has 0 aliphatic heterocycles. The van der Waals surface area contributed by atoms with Crippen LogP contribution in [0.5, 0.6) is 5.75 Å². The first-order valence-electron chi connectivity index (χ1n) is 5.41. The highest BCUT2D eigenvalue weighted by atomic mass is 16.3. The number of rotatable bonds is 1. The molecule has 0 aliphatic rings. The molecule has 2 heterocycles. The Morgan fingerprint density at radius 1 is 1.06 bits per heavy atom. The Labute approximate surface area is 102 Å². The van der Waals surface area contributed by atoms with Gasteiger partial charge in [-0.3, -0.25) is 9.78 Å². The van der Waals surface area contributed by atoms with Gasteiger partial charge in [0.1, 0.15) is 11.4 Å². The van der Waals surface area contributed by atoms with Crippen LogP contribution in [-0.2, 0) is 0 Å². The third-order valence-electron chi connectivity index (χ3n) is 2.72. The molecule has 0 bridgehead atoms. The van der Waals surface area contributed by atoms with E-state index in [2.05, 4.69) is 4.98 Å². The second kappa shape index (κ2) is 4.00. The van der Waals surface area contributed by atoms with Gasteiger partial charge in [-0.15, -0.1) is 0 Å². The maximum absolute atomic E-state index is 11.7. The summed E-state index contributed by atoms with van der Waals surface area (Å²) in [5.41, 5.74) is 1.73. The molecule has 0 fully saturated rings. The van der Waals surface area contributed by atoms with Crippen LogP contribution in [0.25, 0.3) is 22.2 Å². The summed E-state index contributed by atoms with van der Waals surface area (Å²) in [5, 5.41) is 9.76. The molecule has 0 atom stereocenters. The summed E-state index contributed by atoms with van der Waals surface area (Å²) in [6, 6.07) is 9.59. The highest BCUT2D eigenvalue weighted by Gasteiger charge is 2.09. The first-order chi connectivity index (χ1) is 8.75. The summed E-state index contributed by atoms with van der Waals surface area (Å²) in [6.45, 7) is 0. The maximum atomic E-state index is 11.7. The highest BCUT2D eigenvalue weighted by molar-refractivity contribution is 5.89. The number of phenolic OH excluding ortho intramolecular Hbond substituents is 1. The van der Waals surface area contributed by atoms with E-state index in [9.17, 15) is 9.90 Å². The van der Waals surface area contributed by atoms with Crippen LogP contribution in [0, 0.1) is 0 Å². The molecule has 0 saturated heterocycles. The summed E-state index contributed by atoms with van der Waals surface area (Å²) in [6.07, 6.45) is 2.93. The van der Waals surface area contributed by atoms with Crippen molar-refractivity contribution in [1.82, 2.24) is 4.98 Å². The first kappa shape index (κ1) is 10.5. The third-order valence-corrected chi connectivity index (χ3v) is 2.72. The number of phenols is 1. The standard InChI is InChI=1S/C14H9NO3/c16-10-3-1-9(2-4-10)13-14-11(5-7-15-13)12(17)6-8-18-14/h1-8,16H. The quantitative estimate of drug-likeness (QED) is 0.708. The molecule has 3 aromatic rings. The topological polar surface area (TPSA) is 63.3 Å². The zero-order valence-corrected chi connectivity index (χ0v) is 9.33.